The molecule has 0 spiro atoms. The Labute approximate surface area is 275 Å². The summed E-state index contributed by atoms with van der Waals surface area (Å²) in [5.41, 5.74) is 7.45. The molecule has 1 aliphatic carbocycles. The van der Waals surface area contributed by atoms with Crippen LogP contribution in [0, 0.1) is 0 Å². The van der Waals surface area contributed by atoms with Gasteiger partial charge in [-0.3, -0.25) is 0 Å². The van der Waals surface area contributed by atoms with E-state index in [9.17, 15) is 9.59 Å². The maximum atomic E-state index is 12.4. The third kappa shape index (κ3) is 5.09. The monoisotopic (exact) mass is 618 g/mol. The largest absolute Gasteiger partial charge is 0.463 e. The number of benzene rings is 6. The van der Waals surface area contributed by atoms with Gasteiger partial charge in [0.25, 0.3) is 0 Å². The first-order chi connectivity index (χ1) is 22.6. The van der Waals surface area contributed by atoms with Gasteiger partial charge in [-0.25, -0.2) is 9.59 Å². The number of rotatable bonds is 9. The van der Waals surface area contributed by atoms with Crippen molar-refractivity contribution in [1.82, 2.24) is 0 Å². The van der Waals surface area contributed by atoms with Crippen LogP contribution in [0.4, 0.5) is 0 Å². The number of carbonyl (C=O) groups excluding carboxylic acids is 2. The zero-order valence-corrected chi connectivity index (χ0v) is 27.2. The highest BCUT2D eigenvalue weighted by atomic mass is 16.5. The molecule has 0 radical (unpaired) electrons. The molecule has 0 saturated carbocycles. The molecule has 1 unspecified atom stereocenters. The number of ether oxygens (including phenoxy) is 2. The van der Waals surface area contributed by atoms with Crippen molar-refractivity contribution in [2.75, 3.05) is 13.2 Å². The summed E-state index contributed by atoms with van der Waals surface area (Å²) in [6.07, 6.45) is 3.57. The summed E-state index contributed by atoms with van der Waals surface area (Å²) in [4.78, 5) is 24.3. The second-order valence-electron chi connectivity index (χ2n) is 13.6. The van der Waals surface area contributed by atoms with Gasteiger partial charge in [0.05, 0.1) is 12.0 Å². The molecule has 4 heteroatoms. The summed E-state index contributed by atoms with van der Waals surface area (Å²) in [5, 5.41) is 7.51. The first-order valence-corrected chi connectivity index (χ1v) is 16.2. The molecule has 1 atom stereocenters. The molecule has 6 aromatic rings. The van der Waals surface area contributed by atoms with E-state index in [4.69, 9.17) is 9.47 Å². The molecule has 47 heavy (non-hydrogen) atoms. The van der Waals surface area contributed by atoms with Crippen LogP contribution in [0.1, 0.15) is 50.3 Å². The second kappa shape index (κ2) is 11.5. The molecule has 0 saturated heterocycles. The van der Waals surface area contributed by atoms with Crippen LogP contribution in [0.5, 0.6) is 0 Å². The summed E-state index contributed by atoms with van der Waals surface area (Å²) < 4.78 is 11.2. The van der Waals surface area contributed by atoms with E-state index < -0.39 is 17.4 Å². The Hall–Kier alpha value is -5.22. The van der Waals surface area contributed by atoms with Crippen LogP contribution in [0.3, 0.4) is 0 Å². The molecule has 6 aromatic carbocycles. The van der Waals surface area contributed by atoms with E-state index in [2.05, 4.69) is 113 Å². The van der Waals surface area contributed by atoms with E-state index in [-0.39, 0.29) is 18.6 Å². The van der Waals surface area contributed by atoms with Crippen LogP contribution < -0.4 is 0 Å². The lowest BCUT2D eigenvalue weighted by molar-refractivity contribution is -0.139. The predicted molar refractivity (Wildman–Crippen MR) is 192 cm³/mol. The highest BCUT2D eigenvalue weighted by Gasteiger charge is 2.44. The zero-order valence-electron chi connectivity index (χ0n) is 27.2. The molecule has 0 heterocycles. The van der Waals surface area contributed by atoms with Gasteiger partial charge < -0.3 is 9.47 Å². The minimum Gasteiger partial charge on any atom is -0.463 e. The SMILES string of the molecule is C=CC(=O)OCCCC1(COC(=O)C=C)c2ccccc2-c2ccc(-c3ccc4ccc5cc(C(C)(C)C)cc6ccc3c4c56)cc21. The molecule has 7 rings (SSSR count). The first kappa shape index (κ1) is 30.4. The minimum absolute atomic E-state index is 0.0530. The molecule has 0 N–H and O–H groups in total. The van der Waals surface area contributed by atoms with Gasteiger partial charge in [-0.1, -0.05) is 119 Å². The predicted octanol–water partition coefficient (Wildman–Crippen LogP) is 10.1. The molecule has 0 aliphatic heterocycles. The molecule has 1 aliphatic rings. The summed E-state index contributed by atoms with van der Waals surface area (Å²) in [6, 6.07) is 33.1. The van der Waals surface area contributed by atoms with Gasteiger partial charge in [-0.05, 0) is 95.6 Å². The molecule has 0 aromatic heterocycles. The molecule has 0 amide bonds. The Morgan fingerprint density at radius 1 is 0.702 bits per heavy atom. The number of esters is 2. The lowest BCUT2D eigenvalue weighted by Crippen LogP contribution is -2.33. The van der Waals surface area contributed by atoms with Gasteiger partial charge in [-0.15, -0.1) is 0 Å². The topological polar surface area (TPSA) is 52.6 Å². The van der Waals surface area contributed by atoms with Gasteiger partial charge in [0.15, 0.2) is 0 Å². The van der Waals surface area contributed by atoms with E-state index in [1.54, 1.807) is 0 Å². The summed E-state index contributed by atoms with van der Waals surface area (Å²) in [6.45, 7) is 14.3. The van der Waals surface area contributed by atoms with Crippen molar-refractivity contribution in [2.24, 2.45) is 0 Å². The molecule has 234 valence electrons. The van der Waals surface area contributed by atoms with Crippen molar-refractivity contribution < 1.29 is 19.1 Å². The van der Waals surface area contributed by atoms with Crippen molar-refractivity contribution in [3.8, 4) is 22.3 Å². The van der Waals surface area contributed by atoms with Crippen LogP contribution in [0.15, 0.2) is 116 Å². The smallest absolute Gasteiger partial charge is 0.330 e. The summed E-state index contributed by atoms with van der Waals surface area (Å²) in [7, 11) is 0. The average Bonchev–Trinajstić information content (AvgIpc) is 3.36. The van der Waals surface area contributed by atoms with E-state index in [1.165, 1.54) is 50.0 Å². The van der Waals surface area contributed by atoms with Crippen molar-refractivity contribution in [3.63, 3.8) is 0 Å². The number of fused-ring (bicyclic) bond motifs is 3. The van der Waals surface area contributed by atoms with Crippen LogP contribution in [0.25, 0.3) is 54.6 Å². The van der Waals surface area contributed by atoms with Gasteiger partial charge in [-0.2, -0.15) is 0 Å². The van der Waals surface area contributed by atoms with E-state index in [1.807, 2.05) is 12.1 Å². The Bertz CT molecular complexity index is 2200. The minimum atomic E-state index is -0.631. The van der Waals surface area contributed by atoms with Crippen molar-refractivity contribution in [1.29, 1.82) is 0 Å². The third-order valence-electron chi connectivity index (χ3n) is 9.83. The Morgan fingerprint density at radius 3 is 2.09 bits per heavy atom. The summed E-state index contributed by atoms with van der Waals surface area (Å²) >= 11 is 0. The first-order valence-electron chi connectivity index (χ1n) is 16.2. The second-order valence-corrected chi connectivity index (χ2v) is 13.6. The van der Waals surface area contributed by atoms with Crippen molar-refractivity contribution in [3.05, 3.63) is 133 Å². The highest BCUT2D eigenvalue weighted by Crippen LogP contribution is 2.53. The average molecular weight is 619 g/mol. The van der Waals surface area contributed by atoms with Crippen molar-refractivity contribution >= 4 is 44.3 Å². The normalized spacial score (nSPS) is 15.5. The summed E-state index contributed by atoms with van der Waals surface area (Å²) in [5.74, 6) is -0.916. The Kier molecular flexibility index (Phi) is 7.47. The van der Waals surface area contributed by atoms with Gasteiger partial charge >= 0.3 is 11.9 Å². The molecular formula is C43H38O4. The number of hydrogen-bond donors (Lipinski definition) is 0. The number of hydrogen-bond acceptors (Lipinski definition) is 4. The maximum absolute atomic E-state index is 12.4. The zero-order chi connectivity index (χ0) is 32.9. The Balaban J connectivity index is 1.39. The van der Waals surface area contributed by atoms with Crippen LogP contribution in [0.2, 0.25) is 0 Å². The fourth-order valence-corrected chi connectivity index (χ4v) is 7.48. The standard InChI is InChI=1S/C43H38O4/c1-6-38(44)46-22-10-21-43(26-47-39(45)7-2)36-12-9-8-11-33(36)34-19-16-28(25-37(34)43)32-18-15-27-13-14-29-23-31(42(3,4)5)24-30-17-20-35(32)41(27)40(29)30/h6-9,11-20,23-25H,1-2,10,21-22,26H2,3-5H3. The quantitative estimate of drug-likeness (QED) is 0.0700. The van der Waals surface area contributed by atoms with Gasteiger partial charge in [0.1, 0.15) is 6.61 Å². The van der Waals surface area contributed by atoms with Crippen LogP contribution >= 0.6 is 0 Å². The fourth-order valence-electron chi connectivity index (χ4n) is 7.48. The van der Waals surface area contributed by atoms with Crippen LogP contribution in [-0.2, 0) is 29.9 Å². The maximum Gasteiger partial charge on any atom is 0.330 e. The van der Waals surface area contributed by atoms with Gasteiger partial charge in [0.2, 0.25) is 0 Å². The molecule has 0 fully saturated rings. The fraction of sp³-hybridized carbons (Fsp3) is 0.209. The highest BCUT2D eigenvalue weighted by molar-refractivity contribution is 6.25. The molecule has 4 nitrogen and oxygen atoms in total. The van der Waals surface area contributed by atoms with Crippen molar-refractivity contribution in [2.45, 2.75) is 44.4 Å². The lowest BCUT2D eigenvalue weighted by Gasteiger charge is -2.32. The lowest BCUT2D eigenvalue weighted by atomic mass is 9.74. The molecular weight excluding hydrogens is 580 g/mol. The third-order valence-corrected chi connectivity index (χ3v) is 9.83. The van der Waals surface area contributed by atoms with E-state index in [0.717, 1.165) is 33.4 Å². The van der Waals surface area contributed by atoms with E-state index >= 15 is 0 Å². The van der Waals surface area contributed by atoms with E-state index in [0.29, 0.717) is 12.8 Å². The van der Waals surface area contributed by atoms with Gasteiger partial charge in [0, 0.05) is 12.2 Å². The van der Waals surface area contributed by atoms with Crippen LogP contribution in [-0.4, -0.2) is 25.2 Å². The molecule has 0 bridgehead atoms. The Morgan fingerprint density at radius 2 is 1.34 bits per heavy atom. The number of carbonyl (C=O) groups is 2.